The third-order valence-electron chi connectivity index (χ3n) is 4.56. The van der Waals surface area contributed by atoms with Gasteiger partial charge in [0.25, 0.3) is 10.0 Å². The summed E-state index contributed by atoms with van der Waals surface area (Å²) in [6.07, 6.45) is 4.64. The summed E-state index contributed by atoms with van der Waals surface area (Å²) in [5.41, 5.74) is 1.73. The van der Waals surface area contributed by atoms with Crippen LogP contribution in [0, 0.1) is 0 Å². The van der Waals surface area contributed by atoms with E-state index in [1.54, 1.807) is 30.3 Å². The quantitative estimate of drug-likeness (QED) is 0.470. The molecule has 0 saturated carbocycles. The number of aromatic nitrogens is 2. The summed E-state index contributed by atoms with van der Waals surface area (Å²) in [5.74, 6) is -0.644. The number of rotatable bonds is 9. The van der Waals surface area contributed by atoms with E-state index in [2.05, 4.69) is 20.0 Å². The lowest BCUT2D eigenvalue weighted by Gasteiger charge is -2.22. The Bertz CT molecular complexity index is 1310. The van der Waals surface area contributed by atoms with Gasteiger partial charge in [0.1, 0.15) is 6.54 Å². The SMILES string of the molecule is CCc1ccc(N(CC(=O)Nc2ccc(S(=O)(=O)Nc3ncccn3)cc2)S(C)(=O)=O)cc1. The van der Waals surface area contributed by atoms with Crippen molar-refractivity contribution in [1.29, 1.82) is 0 Å². The van der Waals surface area contributed by atoms with Crippen molar-refractivity contribution in [1.82, 2.24) is 9.97 Å². The third-order valence-corrected chi connectivity index (χ3v) is 7.04. The number of nitrogens with one attached hydrogen (secondary N) is 2. The first kappa shape index (κ1) is 24.1. The Kier molecular flexibility index (Phi) is 7.29. The molecule has 2 N–H and O–H groups in total. The standard InChI is InChI=1S/C21H23N5O5S2/c1-3-16-5-9-18(10-6-16)26(32(2,28)29)15-20(27)24-17-7-11-19(12-8-17)33(30,31)25-21-22-13-4-14-23-21/h4-14H,3,15H2,1-2H3,(H,24,27)(H,22,23,25). The number of carbonyl (C=O) groups is 1. The monoisotopic (exact) mass is 489 g/mol. The van der Waals surface area contributed by atoms with E-state index in [0.717, 1.165) is 22.5 Å². The number of benzene rings is 2. The van der Waals surface area contributed by atoms with Crippen LogP contribution in [0.1, 0.15) is 12.5 Å². The van der Waals surface area contributed by atoms with Crippen LogP contribution in [0.15, 0.2) is 71.9 Å². The topological polar surface area (TPSA) is 138 Å². The minimum absolute atomic E-state index is 0.0540. The fourth-order valence-electron chi connectivity index (χ4n) is 2.88. The van der Waals surface area contributed by atoms with E-state index < -0.39 is 32.5 Å². The van der Waals surface area contributed by atoms with Gasteiger partial charge in [0, 0.05) is 18.1 Å². The van der Waals surface area contributed by atoms with Crippen LogP contribution in [0.3, 0.4) is 0 Å². The summed E-state index contributed by atoms with van der Waals surface area (Å²) < 4.78 is 52.6. The highest BCUT2D eigenvalue weighted by atomic mass is 32.2. The molecule has 0 radical (unpaired) electrons. The third kappa shape index (κ3) is 6.49. The van der Waals surface area contributed by atoms with Gasteiger partial charge in [0.15, 0.2) is 0 Å². The molecule has 0 fully saturated rings. The van der Waals surface area contributed by atoms with Crippen LogP contribution in [-0.4, -0.2) is 45.5 Å². The Morgan fingerprint density at radius 2 is 1.55 bits per heavy atom. The predicted molar refractivity (Wildman–Crippen MR) is 126 cm³/mol. The van der Waals surface area contributed by atoms with Gasteiger partial charge in [0.05, 0.1) is 16.8 Å². The van der Waals surface area contributed by atoms with Gasteiger partial charge >= 0.3 is 0 Å². The van der Waals surface area contributed by atoms with Gasteiger partial charge in [0.2, 0.25) is 21.9 Å². The summed E-state index contributed by atoms with van der Waals surface area (Å²) in [4.78, 5) is 20.1. The van der Waals surface area contributed by atoms with Crippen molar-refractivity contribution in [2.45, 2.75) is 18.2 Å². The summed E-state index contributed by atoms with van der Waals surface area (Å²) in [6, 6.07) is 13.9. The smallest absolute Gasteiger partial charge is 0.264 e. The summed E-state index contributed by atoms with van der Waals surface area (Å²) in [6.45, 7) is 1.55. The Labute approximate surface area is 192 Å². The molecule has 0 aliphatic heterocycles. The van der Waals surface area contributed by atoms with Crippen LogP contribution in [0.2, 0.25) is 0 Å². The maximum absolute atomic E-state index is 12.5. The second-order valence-electron chi connectivity index (χ2n) is 7.04. The molecule has 3 aromatic rings. The highest BCUT2D eigenvalue weighted by Crippen LogP contribution is 2.20. The number of hydrogen-bond donors (Lipinski definition) is 2. The van der Waals surface area contributed by atoms with Crippen molar-refractivity contribution in [2.75, 3.05) is 27.1 Å². The molecule has 0 atom stereocenters. The summed E-state index contributed by atoms with van der Waals surface area (Å²) >= 11 is 0. The van der Waals surface area contributed by atoms with Gasteiger partial charge in [-0.3, -0.25) is 9.10 Å². The van der Waals surface area contributed by atoms with Crippen LogP contribution in [0.25, 0.3) is 0 Å². The first-order valence-corrected chi connectivity index (χ1v) is 13.2. The Morgan fingerprint density at radius 1 is 0.939 bits per heavy atom. The minimum Gasteiger partial charge on any atom is -0.325 e. The zero-order valence-electron chi connectivity index (χ0n) is 18.0. The molecule has 0 aliphatic rings. The van der Waals surface area contributed by atoms with E-state index in [4.69, 9.17) is 0 Å². The van der Waals surface area contributed by atoms with Crippen molar-refractivity contribution in [3.8, 4) is 0 Å². The molecule has 10 nitrogen and oxygen atoms in total. The van der Waals surface area contributed by atoms with E-state index in [1.165, 1.54) is 36.7 Å². The minimum atomic E-state index is -3.91. The van der Waals surface area contributed by atoms with Gasteiger partial charge in [-0.1, -0.05) is 19.1 Å². The maximum atomic E-state index is 12.5. The molecule has 1 heterocycles. The number of aryl methyl sites for hydroxylation is 1. The van der Waals surface area contributed by atoms with Gasteiger partial charge in [-0.05, 0) is 54.4 Å². The van der Waals surface area contributed by atoms with Crippen LogP contribution in [0.5, 0.6) is 0 Å². The molecule has 0 saturated heterocycles. The highest BCUT2D eigenvalue weighted by Gasteiger charge is 2.21. The lowest BCUT2D eigenvalue weighted by atomic mass is 10.1. The van der Waals surface area contributed by atoms with Crippen molar-refractivity contribution < 1.29 is 21.6 Å². The van der Waals surface area contributed by atoms with Crippen molar-refractivity contribution in [3.05, 3.63) is 72.6 Å². The van der Waals surface area contributed by atoms with Crippen molar-refractivity contribution in [3.63, 3.8) is 0 Å². The number of nitrogens with zero attached hydrogens (tertiary/aromatic N) is 3. The second kappa shape index (κ2) is 9.96. The number of sulfonamides is 2. The lowest BCUT2D eigenvalue weighted by molar-refractivity contribution is -0.114. The lowest BCUT2D eigenvalue weighted by Crippen LogP contribution is -2.37. The number of carbonyl (C=O) groups excluding carboxylic acids is 1. The van der Waals surface area contributed by atoms with Gasteiger partial charge < -0.3 is 5.32 Å². The molecule has 0 unspecified atom stereocenters. The maximum Gasteiger partial charge on any atom is 0.264 e. The van der Waals surface area contributed by atoms with Crippen molar-refractivity contribution in [2.24, 2.45) is 0 Å². The van der Waals surface area contributed by atoms with E-state index >= 15 is 0 Å². The van der Waals surface area contributed by atoms with Crippen molar-refractivity contribution >= 4 is 43.3 Å². The molecule has 1 aromatic heterocycles. The largest absolute Gasteiger partial charge is 0.325 e. The average molecular weight is 490 g/mol. The number of anilines is 3. The molecule has 3 rings (SSSR count). The fraction of sp³-hybridized carbons (Fsp3) is 0.190. The van der Waals surface area contributed by atoms with Gasteiger partial charge in [-0.2, -0.15) is 0 Å². The second-order valence-corrected chi connectivity index (χ2v) is 10.6. The molecule has 0 spiro atoms. The Morgan fingerprint density at radius 3 is 2.09 bits per heavy atom. The summed E-state index contributed by atoms with van der Waals surface area (Å²) in [5, 5.41) is 2.58. The average Bonchev–Trinajstić information content (AvgIpc) is 2.77. The van der Waals surface area contributed by atoms with E-state index in [1.807, 2.05) is 6.92 Å². The predicted octanol–water partition coefficient (Wildman–Crippen LogP) is 2.24. The normalized spacial score (nSPS) is 11.6. The first-order valence-electron chi connectivity index (χ1n) is 9.85. The molecule has 1 amide bonds. The van der Waals surface area contributed by atoms with E-state index in [0.29, 0.717) is 11.4 Å². The Balaban J connectivity index is 1.70. The van der Waals surface area contributed by atoms with Crippen LogP contribution in [0.4, 0.5) is 17.3 Å². The molecular weight excluding hydrogens is 466 g/mol. The molecule has 174 valence electrons. The molecule has 33 heavy (non-hydrogen) atoms. The van der Waals surface area contributed by atoms with Crippen LogP contribution >= 0.6 is 0 Å². The van der Waals surface area contributed by atoms with Crippen LogP contribution < -0.4 is 14.3 Å². The van der Waals surface area contributed by atoms with E-state index in [-0.39, 0.29) is 10.8 Å². The molecular formula is C21H23N5O5S2. The summed E-state index contributed by atoms with van der Waals surface area (Å²) in [7, 11) is -7.62. The molecule has 12 heteroatoms. The fourth-order valence-corrected chi connectivity index (χ4v) is 4.69. The zero-order chi connectivity index (χ0) is 24.1. The first-order chi connectivity index (χ1) is 15.6. The number of hydrogen-bond acceptors (Lipinski definition) is 7. The molecule has 0 bridgehead atoms. The molecule has 2 aromatic carbocycles. The zero-order valence-corrected chi connectivity index (χ0v) is 19.6. The molecule has 0 aliphatic carbocycles. The van der Waals surface area contributed by atoms with Gasteiger partial charge in [-0.25, -0.2) is 31.5 Å². The van der Waals surface area contributed by atoms with Gasteiger partial charge in [-0.15, -0.1) is 0 Å². The number of amides is 1. The Hall–Kier alpha value is -3.51. The van der Waals surface area contributed by atoms with E-state index in [9.17, 15) is 21.6 Å². The van der Waals surface area contributed by atoms with Crippen LogP contribution in [-0.2, 0) is 31.3 Å². The highest BCUT2D eigenvalue weighted by molar-refractivity contribution is 7.92.